The number of amides is 1. The smallest absolute Gasteiger partial charge is 0.272 e. The summed E-state index contributed by atoms with van der Waals surface area (Å²) >= 11 is 0. The average molecular weight is 394 g/mol. The van der Waals surface area contributed by atoms with Gasteiger partial charge in [0.2, 0.25) is 5.88 Å². The predicted octanol–water partition coefficient (Wildman–Crippen LogP) is 3.36. The van der Waals surface area contributed by atoms with Gasteiger partial charge in [0.25, 0.3) is 12.3 Å². The zero-order valence-electron chi connectivity index (χ0n) is 16.5. The molecular weight excluding hydrogens is 366 g/mol. The molecule has 0 saturated heterocycles. The van der Waals surface area contributed by atoms with Gasteiger partial charge in [-0.05, 0) is 43.5 Å². The molecule has 28 heavy (non-hydrogen) atoms. The third kappa shape index (κ3) is 8.85. The lowest BCUT2D eigenvalue weighted by Crippen LogP contribution is -2.23. The van der Waals surface area contributed by atoms with E-state index in [0.29, 0.717) is 18.0 Å². The minimum Gasteiger partial charge on any atom is -0.471 e. The van der Waals surface area contributed by atoms with Gasteiger partial charge in [0.15, 0.2) is 6.61 Å². The second-order valence-electron chi connectivity index (χ2n) is 6.17. The van der Waals surface area contributed by atoms with E-state index in [4.69, 9.17) is 10.5 Å². The summed E-state index contributed by atoms with van der Waals surface area (Å²) in [4.78, 5) is 19.9. The number of nitrogens with two attached hydrogens (primary N) is 1. The van der Waals surface area contributed by atoms with Crippen molar-refractivity contribution in [3.05, 3.63) is 53.5 Å². The summed E-state index contributed by atoms with van der Waals surface area (Å²) in [5.74, 6) is -0.0134. The number of alkyl halides is 2. The van der Waals surface area contributed by atoms with Crippen LogP contribution in [0, 0.1) is 0 Å². The summed E-state index contributed by atoms with van der Waals surface area (Å²) in [6.07, 6.45) is 3.73. The standard InChI is InChI=1S/C16H17F2N3O2.C4H11N/c1-2-12-7-11(9-21-16(12)23-10-14(17)18)8-20-15(22)13-3-5-19-6-4-13;1-3-4(2)5/h3-7,9,14H,2,8,10H2,1H3,(H,20,22);4H,3,5H2,1-2H3. The molecule has 1 atom stereocenters. The van der Waals surface area contributed by atoms with E-state index >= 15 is 0 Å². The Hall–Kier alpha value is -2.61. The quantitative estimate of drug-likeness (QED) is 0.717. The van der Waals surface area contributed by atoms with Gasteiger partial charge in [0.1, 0.15) is 0 Å². The van der Waals surface area contributed by atoms with Crippen LogP contribution in [0.15, 0.2) is 36.8 Å². The van der Waals surface area contributed by atoms with Gasteiger partial charge < -0.3 is 15.8 Å². The van der Waals surface area contributed by atoms with Crippen LogP contribution in [0.4, 0.5) is 8.78 Å². The zero-order chi connectivity index (χ0) is 20.9. The predicted molar refractivity (Wildman–Crippen MR) is 104 cm³/mol. The number of rotatable bonds is 8. The highest BCUT2D eigenvalue weighted by molar-refractivity contribution is 5.93. The van der Waals surface area contributed by atoms with Crippen LogP contribution < -0.4 is 15.8 Å². The highest BCUT2D eigenvalue weighted by atomic mass is 19.3. The first-order chi connectivity index (χ1) is 13.4. The molecule has 6 nitrogen and oxygen atoms in total. The fourth-order valence-corrected chi connectivity index (χ4v) is 1.96. The number of ether oxygens (including phenoxy) is 1. The van der Waals surface area contributed by atoms with Crippen molar-refractivity contribution >= 4 is 5.91 Å². The molecule has 2 aromatic rings. The number of hydrogen-bond donors (Lipinski definition) is 2. The van der Waals surface area contributed by atoms with Gasteiger partial charge in [-0.15, -0.1) is 0 Å². The molecule has 0 fully saturated rings. The Morgan fingerprint density at radius 2 is 1.93 bits per heavy atom. The second-order valence-corrected chi connectivity index (χ2v) is 6.17. The van der Waals surface area contributed by atoms with Crippen molar-refractivity contribution in [1.82, 2.24) is 15.3 Å². The Kier molecular flexibility index (Phi) is 10.6. The number of hydrogen-bond acceptors (Lipinski definition) is 5. The van der Waals surface area contributed by atoms with Gasteiger partial charge in [0, 0.05) is 42.3 Å². The maximum atomic E-state index is 12.2. The van der Waals surface area contributed by atoms with Crippen molar-refractivity contribution in [2.45, 2.75) is 52.6 Å². The average Bonchev–Trinajstić information content (AvgIpc) is 2.71. The minimum atomic E-state index is -2.54. The maximum absolute atomic E-state index is 12.2. The normalized spacial score (nSPS) is 11.4. The summed E-state index contributed by atoms with van der Waals surface area (Å²) in [6, 6.07) is 5.41. The molecule has 1 unspecified atom stereocenters. The maximum Gasteiger partial charge on any atom is 0.272 e. The highest BCUT2D eigenvalue weighted by Gasteiger charge is 2.10. The summed E-state index contributed by atoms with van der Waals surface area (Å²) in [6.45, 7) is 5.56. The highest BCUT2D eigenvalue weighted by Crippen LogP contribution is 2.18. The molecule has 0 radical (unpaired) electrons. The van der Waals surface area contributed by atoms with Crippen molar-refractivity contribution in [2.75, 3.05) is 6.61 Å². The molecule has 154 valence electrons. The fraction of sp³-hybridized carbons (Fsp3) is 0.450. The number of aromatic nitrogens is 2. The van der Waals surface area contributed by atoms with Crippen LogP contribution in [0.3, 0.4) is 0 Å². The molecule has 0 aliphatic rings. The van der Waals surface area contributed by atoms with Gasteiger partial charge >= 0.3 is 0 Å². The van der Waals surface area contributed by atoms with Crippen LogP contribution in [-0.2, 0) is 13.0 Å². The fourth-order valence-electron chi connectivity index (χ4n) is 1.96. The number of carbonyl (C=O) groups is 1. The Morgan fingerprint density at radius 1 is 1.29 bits per heavy atom. The number of pyridine rings is 2. The molecular formula is C20H28F2N4O2. The molecule has 0 saturated carbocycles. The molecule has 0 aromatic carbocycles. The minimum absolute atomic E-state index is 0.206. The molecule has 0 bridgehead atoms. The Labute approximate surface area is 164 Å². The SMILES string of the molecule is CCC(C)N.CCc1cc(CNC(=O)c2ccncc2)cnc1OCC(F)F. The summed E-state index contributed by atoms with van der Waals surface area (Å²) in [5, 5.41) is 2.77. The first kappa shape index (κ1) is 23.4. The van der Waals surface area contributed by atoms with Crippen LogP contribution in [0.2, 0.25) is 0 Å². The van der Waals surface area contributed by atoms with E-state index in [1.807, 2.05) is 13.8 Å². The molecule has 1 amide bonds. The van der Waals surface area contributed by atoms with Crippen LogP contribution in [-0.4, -0.2) is 34.9 Å². The van der Waals surface area contributed by atoms with Gasteiger partial charge in [-0.3, -0.25) is 9.78 Å². The monoisotopic (exact) mass is 394 g/mol. The molecule has 2 rings (SSSR count). The van der Waals surface area contributed by atoms with Crippen LogP contribution in [0.5, 0.6) is 5.88 Å². The second kappa shape index (κ2) is 12.7. The Balaban J connectivity index is 0.000000696. The summed E-state index contributed by atoms with van der Waals surface area (Å²) in [7, 11) is 0. The lowest BCUT2D eigenvalue weighted by molar-refractivity contribution is 0.0790. The van der Waals surface area contributed by atoms with E-state index in [1.54, 1.807) is 30.6 Å². The lowest BCUT2D eigenvalue weighted by Gasteiger charge is -2.11. The van der Waals surface area contributed by atoms with E-state index in [-0.39, 0.29) is 18.3 Å². The summed E-state index contributed by atoms with van der Waals surface area (Å²) in [5.41, 5.74) is 7.30. The van der Waals surface area contributed by atoms with Gasteiger partial charge in [-0.25, -0.2) is 13.8 Å². The first-order valence-electron chi connectivity index (χ1n) is 9.19. The van der Waals surface area contributed by atoms with Crippen LogP contribution in [0.25, 0.3) is 0 Å². The number of halogens is 2. The van der Waals surface area contributed by atoms with Crippen molar-refractivity contribution in [3.8, 4) is 5.88 Å². The largest absolute Gasteiger partial charge is 0.471 e. The van der Waals surface area contributed by atoms with Gasteiger partial charge in [0.05, 0.1) is 0 Å². The van der Waals surface area contributed by atoms with E-state index in [0.717, 1.165) is 17.5 Å². The molecule has 2 heterocycles. The number of nitrogens with one attached hydrogen (secondary N) is 1. The zero-order valence-corrected chi connectivity index (χ0v) is 16.5. The van der Waals surface area contributed by atoms with Gasteiger partial charge in [-0.1, -0.05) is 13.8 Å². The number of aryl methyl sites for hydroxylation is 1. The molecule has 0 aliphatic carbocycles. The Bertz CT molecular complexity index is 713. The molecule has 0 spiro atoms. The van der Waals surface area contributed by atoms with Crippen LogP contribution >= 0.6 is 0 Å². The van der Waals surface area contributed by atoms with Gasteiger partial charge in [-0.2, -0.15) is 0 Å². The third-order valence-corrected chi connectivity index (χ3v) is 3.75. The van der Waals surface area contributed by atoms with E-state index < -0.39 is 13.0 Å². The molecule has 3 N–H and O–H groups in total. The van der Waals surface area contributed by atoms with Crippen molar-refractivity contribution in [3.63, 3.8) is 0 Å². The molecule has 2 aromatic heterocycles. The number of nitrogens with zero attached hydrogens (tertiary/aromatic N) is 2. The van der Waals surface area contributed by atoms with Crippen molar-refractivity contribution in [2.24, 2.45) is 5.73 Å². The summed E-state index contributed by atoms with van der Waals surface area (Å²) < 4.78 is 29.4. The van der Waals surface area contributed by atoms with E-state index in [1.165, 1.54) is 6.20 Å². The Morgan fingerprint density at radius 3 is 2.46 bits per heavy atom. The first-order valence-corrected chi connectivity index (χ1v) is 9.19. The molecule has 0 aliphatic heterocycles. The van der Waals surface area contributed by atoms with E-state index in [9.17, 15) is 13.6 Å². The van der Waals surface area contributed by atoms with Crippen molar-refractivity contribution < 1.29 is 18.3 Å². The topological polar surface area (TPSA) is 90.1 Å². The third-order valence-electron chi connectivity index (χ3n) is 3.75. The van der Waals surface area contributed by atoms with E-state index in [2.05, 4.69) is 22.2 Å². The molecule has 8 heteroatoms. The lowest BCUT2D eigenvalue weighted by atomic mass is 10.1. The number of carbonyl (C=O) groups excluding carboxylic acids is 1. The van der Waals surface area contributed by atoms with Crippen LogP contribution in [0.1, 0.15) is 48.7 Å². The van der Waals surface area contributed by atoms with Crippen molar-refractivity contribution in [1.29, 1.82) is 0 Å².